The number of nitrogens with one attached hydrogen (secondary N) is 2. The monoisotopic (exact) mass is 808 g/mol. The van der Waals surface area contributed by atoms with E-state index in [9.17, 15) is 9.59 Å². The number of methoxy groups -OCH3 is 1. The molecule has 2 N–H and O–H groups in total. The average molecular weight is 809 g/mol. The Balaban J connectivity index is 0.930. The number of amides is 2. The highest BCUT2D eigenvalue weighted by Crippen LogP contribution is 2.42. The van der Waals surface area contributed by atoms with E-state index in [1.54, 1.807) is 13.2 Å². The number of para-hydroxylation sites is 2. The Labute approximate surface area is 351 Å². The lowest BCUT2D eigenvalue weighted by atomic mass is 10.1. The van der Waals surface area contributed by atoms with Crippen molar-refractivity contribution in [2.75, 3.05) is 60.5 Å². The third-order valence-corrected chi connectivity index (χ3v) is 11.9. The first-order valence-corrected chi connectivity index (χ1v) is 21.0. The zero-order chi connectivity index (χ0) is 41.3. The predicted molar refractivity (Wildman–Crippen MR) is 234 cm³/mol. The molecular formula is C49H52N4O7. The van der Waals surface area contributed by atoms with Crippen LogP contribution in [0, 0.1) is 12.8 Å². The smallest absolute Gasteiger partial charge is 0.260 e. The summed E-state index contributed by atoms with van der Waals surface area (Å²) >= 11 is 0. The summed E-state index contributed by atoms with van der Waals surface area (Å²) in [5.41, 5.74) is 9.63. The molecule has 0 spiro atoms. The summed E-state index contributed by atoms with van der Waals surface area (Å²) in [6.45, 7) is 9.64. The van der Waals surface area contributed by atoms with Gasteiger partial charge in [0, 0.05) is 43.2 Å². The van der Waals surface area contributed by atoms with Crippen LogP contribution < -0.4 is 39.4 Å². The lowest BCUT2D eigenvalue weighted by Gasteiger charge is -2.23. The van der Waals surface area contributed by atoms with Crippen LogP contribution in [0.4, 0.5) is 22.7 Å². The van der Waals surface area contributed by atoms with Gasteiger partial charge in [-0.05, 0) is 102 Å². The molecule has 2 atom stereocenters. The van der Waals surface area contributed by atoms with E-state index < -0.39 is 0 Å². The van der Waals surface area contributed by atoms with Crippen LogP contribution in [-0.2, 0) is 30.8 Å². The number of fused-ring (bicyclic) bond motifs is 8. The standard InChI is InChI=1S/C49H52N4O7/c1-30(2)13-14-57-15-16-58-38-19-32(28-59-45-24-41-39(17-31(45)3)48(54)52-36(26-50-41)21-34-9-5-7-11-43(34)52)18-33(20-38)29-60-47-25-42-40(23-46(47)56-4)49(55)53-37(27-51-42)22-35-10-6-8-12-44(35)53/h5-12,17-20,23-25,30,36-37,50-51H,13-16,21-22,26-29H2,1-4H3/t36-,37-/m0/s1. The van der Waals surface area contributed by atoms with E-state index in [1.807, 2.05) is 89.5 Å². The van der Waals surface area contributed by atoms with Crippen molar-refractivity contribution in [3.63, 3.8) is 0 Å². The Hall–Kier alpha value is -6.20. The summed E-state index contributed by atoms with van der Waals surface area (Å²) in [7, 11) is 1.59. The molecule has 4 heterocycles. The lowest BCUT2D eigenvalue weighted by Crippen LogP contribution is -2.39. The van der Waals surface area contributed by atoms with Crippen molar-refractivity contribution in [1.82, 2.24) is 0 Å². The Morgan fingerprint density at radius 3 is 1.82 bits per heavy atom. The summed E-state index contributed by atoms with van der Waals surface area (Å²) in [4.78, 5) is 31.8. The molecule has 0 saturated heterocycles. The minimum Gasteiger partial charge on any atom is -0.493 e. The van der Waals surface area contributed by atoms with Crippen LogP contribution in [0.1, 0.15) is 68.8 Å². The van der Waals surface area contributed by atoms with Gasteiger partial charge in [-0.25, -0.2) is 0 Å². The summed E-state index contributed by atoms with van der Waals surface area (Å²) in [5, 5.41) is 7.06. The van der Waals surface area contributed by atoms with Gasteiger partial charge in [-0.3, -0.25) is 9.59 Å². The Morgan fingerprint density at radius 1 is 0.650 bits per heavy atom. The van der Waals surface area contributed by atoms with Gasteiger partial charge in [0.05, 0.1) is 48.3 Å². The summed E-state index contributed by atoms with van der Waals surface area (Å²) in [6, 6.07) is 29.8. The second-order valence-electron chi connectivity index (χ2n) is 16.5. The van der Waals surface area contributed by atoms with E-state index >= 15 is 0 Å². The molecule has 0 radical (unpaired) electrons. The number of hydrogen-bond donors (Lipinski definition) is 2. The highest BCUT2D eigenvalue weighted by Gasteiger charge is 2.39. The highest BCUT2D eigenvalue weighted by atomic mass is 16.5. The minimum atomic E-state index is -0.0595. The number of carbonyl (C=O) groups is 2. The highest BCUT2D eigenvalue weighted by molar-refractivity contribution is 6.13. The molecule has 0 unspecified atom stereocenters. The third kappa shape index (κ3) is 7.81. The first kappa shape index (κ1) is 39.3. The topological polar surface area (TPSA) is 111 Å². The number of ether oxygens (including phenoxy) is 5. The Bertz CT molecular complexity index is 2430. The Kier molecular flexibility index (Phi) is 11.0. The molecule has 9 rings (SSSR count). The molecule has 0 aliphatic carbocycles. The van der Waals surface area contributed by atoms with Crippen LogP contribution in [0.25, 0.3) is 0 Å². The number of anilines is 4. The van der Waals surface area contributed by atoms with Crippen molar-refractivity contribution in [2.45, 2.75) is 65.3 Å². The lowest BCUT2D eigenvalue weighted by molar-refractivity contribution is 0.0924. The number of nitrogens with zero attached hydrogens (tertiary/aromatic N) is 2. The van der Waals surface area contributed by atoms with Crippen LogP contribution in [0.15, 0.2) is 91.0 Å². The van der Waals surface area contributed by atoms with Crippen molar-refractivity contribution in [3.05, 3.63) is 130 Å². The molecule has 5 aromatic rings. The fraction of sp³-hybridized carbons (Fsp3) is 0.347. The van der Waals surface area contributed by atoms with E-state index in [2.05, 4.69) is 36.6 Å². The maximum Gasteiger partial charge on any atom is 0.260 e. The van der Waals surface area contributed by atoms with Crippen molar-refractivity contribution >= 4 is 34.6 Å². The normalized spacial score (nSPS) is 17.3. The van der Waals surface area contributed by atoms with Crippen LogP contribution in [-0.4, -0.2) is 63.9 Å². The summed E-state index contributed by atoms with van der Waals surface area (Å²) in [5.74, 6) is 2.88. The molecule has 60 heavy (non-hydrogen) atoms. The predicted octanol–water partition coefficient (Wildman–Crippen LogP) is 8.60. The van der Waals surface area contributed by atoms with Crippen molar-refractivity contribution in [3.8, 4) is 23.0 Å². The third-order valence-electron chi connectivity index (χ3n) is 11.9. The maximum atomic E-state index is 14.0. The van der Waals surface area contributed by atoms with Crippen LogP contribution >= 0.6 is 0 Å². The van der Waals surface area contributed by atoms with Gasteiger partial charge in [-0.1, -0.05) is 50.2 Å². The number of benzene rings is 5. The molecule has 2 amide bonds. The fourth-order valence-electron chi connectivity index (χ4n) is 8.78. The zero-order valence-electron chi connectivity index (χ0n) is 34.7. The van der Waals surface area contributed by atoms with Gasteiger partial charge in [-0.15, -0.1) is 0 Å². The van der Waals surface area contributed by atoms with Gasteiger partial charge >= 0.3 is 0 Å². The molecule has 11 nitrogen and oxygen atoms in total. The molecule has 0 fully saturated rings. The molecule has 4 aliphatic heterocycles. The first-order valence-electron chi connectivity index (χ1n) is 21.0. The van der Waals surface area contributed by atoms with Crippen molar-refractivity contribution in [2.24, 2.45) is 5.92 Å². The van der Waals surface area contributed by atoms with E-state index in [0.29, 0.717) is 78.6 Å². The molecular weight excluding hydrogens is 757 g/mol. The molecule has 4 aliphatic rings. The minimum absolute atomic E-state index is 0.00174. The largest absolute Gasteiger partial charge is 0.493 e. The second kappa shape index (κ2) is 16.8. The molecule has 5 aromatic carbocycles. The number of hydrogen-bond acceptors (Lipinski definition) is 9. The SMILES string of the molecule is COc1cc2c(cc1OCc1cc(COc3cc4c(cc3C)C(=O)N3c5ccccc5C[C@H]3CN4)cc(OCCOCCC(C)C)c1)NC[C@@H]1Cc3ccccc3N1C2=O. The van der Waals surface area contributed by atoms with Gasteiger partial charge in [0.2, 0.25) is 0 Å². The number of aryl methyl sites for hydroxylation is 1. The zero-order valence-corrected chi connectivity index (χ0v) is 34.7. The quantitative estimate of drug-likeness (QED) is 0.107. The number of carbonyl (C=O) groups excluding carboxylic acids is 2. The van der Waals surface area contributed by atoms with Gasteiger partial charge < -0.3 is 44.1 Å². The molecule has 0 aromatic heterocycles. The van der Waals surface area contributed by atoms with Crippen LogP contribution in [0.2, 0.25) is 0 Å². The van der Waals surface area contributed by atoms with E-state index in [1.165, 1.54) is 11.1 Å². The van der Waals surface area contributed by atoms with Gasteiger partial charge in [0.25, 0.3) is 11.8 Å². The fourth-order valence-corrected chi connectivity index (χ4v) is 8.78. The van der Waals surface area contributed by atoms with Gasteiger partial charge in [0.15, 0.2) is 11.5 Å². The van der Waals surface area contributed by atoms with Crippen molar-refractivity contribution < 1.29 is 33.3 Å². The Morgan fingerprint density at radius 2 is 1.22 bits per heavy atom. The molecule has 310 valence electrons. The van der Waals surface area contributed by atoms with Gasteiger partial charge in [0.1, 0.15) is 31.3 Å². The maximum absolute atomic E-state index is 14.0. The summed E-state index contributed by atoms with van der Waals surface area (Å²) < 4.78 is 30.8. The van der Waals surface area contributed by atoms with Gasteiger partial charge in [-0.2, -0.15) is 0 Å². The van der Waals surface area contributed by atoms with Crippen LogP contribution in [0.5, 0.6) is 23.0 Å². The van der Waals surface area contributed by atoms with Crippen LogP contribution in [0.3, 0.4) is 0 Å². The van der Waals surface area contributed by atoms with E-state index in [-0.39, 0.29) is 37.1 Å². The first-order chi connectivity index (χ1) is 29.2. The summed E-state index contributed by atoms with van der Waals surface area (Å²) in [6.07, 6.45) is 2.62. The average Bonchev–Trinajstić information content (AvgIpc) is 3.74. The van der Waals surface area contributed by atoms with E-state index in [4.69, 9.17) is 23.7 Å². The molecule has 0 bridgehead atoms. The van der Waals surface area contributed by atoms with Crippen molar-refractivity contribution in [1.29, 1.82) is 0 Å². The molecule has 11 heteroatoms. The van der Waals surface area contributed by atoms with E-state index in [0.717, 1.165) is 53.0 Å². The molecule has 0 saturated carbocycles. The number of rotatable bonds is 14. The second-order valence-corrected chi connectivity index (χ2v) is 16.5.